The molecular weight excluding hydrogens is 604 g/mol. The monoisotopic (exact) mass is 650 g/mol. The van der Waals surface area contributed by atoms with Crippen molar-refractivity contribution < 1.29 is 47.6 Å². The molecule has 2 aromatic carbocycles. The van der Waals surface area contributed by atoms with Gasteiger partial charge in [0.05, 0.1) is 13.2 Å². The number of ether oxygens (including phenoxy) is 6. The van der Waals surface area contributed by atoms with Crippen LogP contribution in [0.1, 0.15) is 50.7 Å². The van der Waals surface area contributed by atoms with Crippen LogP contribution in [0.2, 0.25) is 0 Å². The van der Waals surface area contributed by atoms with Crippen LogP contribution in [0.25, 0.3) is 0 Å². The van der Waals surface area contributed by atoms with Gasteiger partial charge in [-0.2, -0.15) is 0 Å². The molecule has 0 aliphatic rings. The van der Waals surface area contributed by atoms with Crippen molar-refractivity contribution in [2.75, 3.05) is 39.6 Å². The number of hydrogen-bond donors (Lipinski definition) is 0. The van der Waals surface area contributed by atoms with Crippen molar-refractivity contribution in [3.63, 3.8) is 0 Å². The number of benzene rings is 2. The van der Waals surface area contributed by atoms with Crippen LogP contribution in [0.15, 0.2) is 99.2 Å². The van der Waals surface area contributed by atoms with Crippen molar-refractivity contribution in [1.29, 1.82) is 0 Å². The van der Waals surface area contributed by atoms with E-state index < -0.39 is 11.9 Å². The smallest absolute Gasteiger partial charge is 0.330 e. The fourth-order valence-electron chi connectivity index (χ4n) is 3.84. The van der Waals surface area contributed by atoms with E-state index >= 15 is 0 Å². The minimum absolute atomic E-state index is 0.170. The summed E-state index contributed by atoms with van der Waals surface area (Å²) < 4.78 is 30.6. The zero-order valence-electron chi connectivity index (χ0n) is 27.4. The number of carbonyl (C=O) groups is 4. The Labute approximate surface area is 277 Å². The Morgan fingerprint density at radius 1 is 0.489 bits per heavy atom. The van der Waals surface area contributed by atoms with Crippen LogP contribution in [0.5, 0.6) is 11.5 Å². The Hall–Kier alpha value is -5.12. The van der Waals surface area contributed by atoms with E-state index in [1.165, 1.54) is 0 Å². The van der Waals surface area contributed by atoms with Gasteiger partial charge in [-0.3, -0.25) is 0 Å². The van der Waals surface area contributed by atoms with Gasteiger partial charge in [0.15, 0.2) is 0 Å². The molecule has 0 saturated carbocycles. The third-order valence-corrected chi connectivity index (χ3v) is 6.54. The lowest BCUT2D eigenvalue weighted by molar-refractivity contribution is -0.139. The van der Waals surface area contributed by atoms with Crippen molar-refractivity contribution >= 4 is 23.9 Å². The third-order valence-electron chi connectivity index (χ3n) is 6.54. The fourth-order valence-corrected chi connectivity index (χ4v) is 3.84. The summed E-state index contributed by atoms with van der Waals surface area (Å²) in [7, 11) is 0. The Balaban J connectivity index is 0.000000584. The van der Waals surface area contributed by atoms with E-state index in [0.29, 0.717) is 24.7 Å². The maximum absolute atomic E-state index is 11.0. The predicted octanol–water partition coefficient (Wildman–Crippen LogP) is 6.23. The summed E-state index contributed by atoms with van der Waals surface area (Å²) in [6.45, 7) is 19.3. The molecule has 0 atom stereocenters. The van der Waals surface area contributed by atoms with Crippen molar-refractivity contribution in [2.24, 2.45) is 0 Å². The first-order chi connectivity index (χ1) is 22.6. The summed E-state index contributed by atoms with van der Waals surface area (Å²) in [5, 5.41) is 0. The topological polar surface area (TPSA) is 124 Å². The Kier molecular flexibility index (Phi) is 19.7. The van der Waals surface area contributed by atoms with Gasteiger partial charge in [-0.25, -0.2) is 19.2 Å². The highest BCUT2D eigenvalue weighted by molar-refractivity contribution is 5.82. The molecule has 10 nitrogen and oxygen atoms in total. The molecule has 0 saturated heterocycles. The van der Waals surface area contributed by atoms with Gasteiger partial charge in [-0.05, 0) is 61.1 Å². The van der Waals surface area contributed by atoms with Crippen molar-refractivity contribution in [2.45, 2.75) is 44.9 Å². The predicted molar refractivity (Wildman–Crippen MR) is 179 cm³/mol. The Morgan fingerprint density at radius 2 is 0.787 bits per heavy atom. The minimum atomic E-state index is -0.465. The second-order valence-corrected chi connectivity index (χ2v) is 10.3. The fraction of sp³-hybridized carbons (Fsp3) is 0.351. The molecule has 254 valence electrons. The molecule has 0 radical (unpaired) electrons. The first-order valence-corrected chi connectivity index (χ1v) is 15.2. The molecular formula is C37H46O10. The summed E-state index contributed by atoms with van der Waals surface area (Å²) in [6, 6.07) is 15.7. The van der Waals surface area contributed by atoms with Gasteiger partial charge in [0.25, 0.3) is 0 Å². The summed E-state index contributed by atoms with van der Waals surface area (Å²) in [6.07, 6.45) is 8.05. The average Bonchev–Trinajstić information content (AvgIpc) is 3.09. The highest BCUT2D eigenvalue weighted by atomic mass is 16.6. The molecule has 0 amide bonds. The molecule has 10 heteroatoms. The number of hydrogen-bond acceptors (Lipinski definition) is 10. The van der Waals surface area contributed by atoms with E-state index in [2.05, 4.69) is 40.2 Å². The van der Waals surface area contributed by atoms with Crippen LogP contribution in [-0.4, -0.2) is 63.5 Å². The van der Waals surface area contributed by atoms with Gasteiger partial charge in [0.2, 0.25) is 0 Å². The van der Waals surface area contributed by atoms with Gasteiger partial charge in [0.1, 0.15) is 37.9 Å². The van der Waals surface area contributed by atoms with E-state index in [1.807, 2.05) is 48.5 Å². The lowest BCUT2D eigenvalue weighted by Crippen LogP contribution is -2.19. The Bertz CT molecular complexity index is 1190. The summed E-state index contributed by atoms with van der Waals surface area (Å²) in [4.78, 5) is 43.3. The third kappa shape index (κ3) is 17.2. The largest absolute Gasteiger partial charge is 0.490 e. The van der Waals surface area contributed by atoms with E-state index in [-0.39, 0.29) is 43.8 Å². The lowest BCUT2D eigenvalue weighted by Gasteiger charge is -2.26. The van der Waals surface area contributed by atoms with Crippen molar-refractivity contribution in [3.8, 4) is 11.5 Å². The summed E-state index contributed by atoms with van der Waals surface area (Å²) in [5.74, 6) is -0.300. The van der Waals surface area contributed by atoms with Gasteiger partial charge in [0, 0.05) is 29.7 Å². The quantitative estimate of drug-likeness (QED) is 0.0664. The molecule has 2 aromatic rings. The van der Waals surface area contributed by atoms with E-state index in [4.69, 9.17) is 28.4 Å². The Morgan fingerprint density at radius 3 is 1.09 bits per heavy atom. The van der Waals surface area contributed by atoms with E-state index in [9.17, 15) is 19.2 Å². The average molecular weight is 651 g/mol. The first kappa shape index (κ1) is 39.9. The minimum Gasteiger partial charge on any atom is -0.490 e. The molecule has 0 unspecified atom stereocenters. The van der Waals surface area contributed by atoms with Crippen LogP contribution in [0.3, 0.4) is 0 Å². The molecule has 2 rings (SSSR count). The number of rotatable bonds is 21. The number of unbranched alkanes of at least 4 members (excludes halogenated alkanes) is 3. The zero-order valence-corrected chi connectivity index (χ0v) is 27.4. The lowest BCUT2D eigenvalue weighted by atomic mass is 9.78. The second kappa shape index (κ2) is 23.3. The second-order valence-electron chi connectivity index (χ2n) is 10.3. The van der Waals surface area contributed by atoms with Crippen LogP contribution >= 0.6 is 0 Å². The van der Waals surface area contributed by atoms with Crippen molar-refractivity contribution in [1.82, 2.24) is 0 Å². The molecule has 47 heavy (non-hydrogen) atoms. The van der Waals surface area contributed by atoms with Crippen molar-refractivity contribution in [3.05, 3.63) is 110 Å². The first-order valence-electron chi connectivity index (χ1n) is 15.2. The summed E-state index contributed by atoms with van der Waals surface area (Å²) in [5.41, 5.74) is 2.03. The standard InChI is InChI=1S/C25H28O6.C12H18O4/c1-5-23(26)30-17-15-28-21-11-7-19(8-12-21)25(3,4)20-9-13-22(14-10-20)29-16-18-31-24(27)6-2;1-3-11(13)15-9-7-5-6-8-10-16-12(14)4-2/h5-14H,1-2,15-18H2,3-4H3;3-4H,1-2,5-10H2. The van der Waals surface area contributed by atoms with Gasteiger partial charge >= 0.3 is 23.9 Å². The van der Waals surface area contributed by atoms with E-state index in [1.54, 1.807) is 0 Å². The molecule has 0 spiro atoms. The molecule has 0 N–H and O–H groups in total. The van der Waals surface area contributed by atoms with Gasteiger partial charge < -0.3 is 28.4 Å². The number of esters is 4. The van der Waals surface area contributed by atoms with Crippen LogP contribution in [0.4, 0.5) is 0 Å². The van der Waals surface area contributed by atoms with Gasteiger partial charge in [-0.15, -0.1) is 0 Å². The van der Waals surface area contributed by atoms with E-state index in [0.717, 1.165) is 61.1 Å². The van der Waals surface area contributed by atoms with Crippen LogP contribution in [0, 0.1) is 0 Å². The SMILES string of the molecule is C=CC(=O)OCCCCCCOC(=O)C=C.C=CC(=O)OCCOc1ccc(C(C)(C)c2ccc(OCCOC(=O)C=C)cc2)cc1. The summed E-state index contributed by atoms with van der Waals surface area (Å²) >= 11 is 0. The molecule has 0 heterocycles. The zero-order chi connectivity index (χ0) is 34.9. The maximum Gasteiger partial charge on any atom is 0.330 e. The maximum atomic E-state index is 11.0. The molecule has 0 aliphatic carbocycles. The molecule has 0 bridgehead atoms. The molecule has 0 aromatic heterocycles. The molecule has 0 fully saturated rings. The molecule has 0 aliphatic heterocycles. The van der Waals surface area contributed by atoms with Gasteiger partial charge in [-0.1, -0.05) is 64.4 Å². The van der Waals surface area contributed by atoms with Crippen LogP contribution < -0.4 is 9.47 Å². The highest BCUT2D eigenvalue weighted by Gasteiger charge is 2.23. The normalized spacial score (nSPS) is 10.2. The van der Waals surface area contributed by atoms with Crippen LogP contribution in [-0.2, 0) is 43.5 Å². The highest BCUT2D eigenvalue weighted by Crippen LogP contribution is 2.33. The number of carbonyl (C=O) groups excluding carboxylic acids is 4.